The van der Waals surface area contributed by atoms with Gasteiger partial charge in [-0.05, 0) is 59.2 Å². The maximum atomic E-state index is 13.8. The molecule has 196 valence electrons. The summed E-state index contributed by atoms with van der Waals surface area (Å²) in [6.45, 7) is 10.9. The Morgan fingerprint density at radius 3 is 2.38 bits per heavy atom. The predicted octanol–water partition coefficient (Wildman–Crippen LogP) is 3.81. The van der Waals surface area contributed by atoms with Crippen LogP contribution in [0.5, 0.6) is 0 Å². The van der Waals surface area contributed by atoms with E-state index in [4.69, 9.17) is 9.26 Å². The molecule has 0 radical (unpaired) electrons. The van der Waals surface area contributed by atoms with Crippen LogP contribution in [0.15, 0.2) is 47.4 Å². The fraction of sp³-hybridized carbons (Fsp3) is 0.440. The number of hydrogen-bond acceptors (Lipinski definition) is 10. The molecule has 4 heterocycles. The molecule has 3 atom stereocenters. The van der Waals surface area contributed by atoms with E-state index in [1.54, 1.807) is 30.0 Å². The van der Waals surface area contributed by atoms with Gasteiger partial charge in [-0.2, -0.15) is 0 Å². The minimum absolute atomic E-state index is 0.235. The molecule has 0 bridgehead atoms. The Balaban J connectivity index is 1.74. The number of rotatable bonds is 10. The van der Waals surface area contributed by atoms with Gasteiger partial charge in [-0.25, -0.2) is 23.4 Å². The highest BCUT2D eigenvalue weighted by Gasteiger charge is 2.36. The van der Waals surface area contributed by atoms with Gasteiger partial charge in [-0.1, -0.05) is 11.2 Å². The van der Waals surface area contributed by atoms with Crippen molar-refractivity contribution >= 4 is 9.84 Å². The van der Waals surface area contributed by atoms with Crippen molar-refractivity contribution in [2.24, 2.45) is 0 Å². The number of aryl methyl sites for hydroxylation is 2. The molecule has 4 aromatic rings. The molecule has 4 rings (SSSR count). The van der Waals surface area contributed by atoms with Crippen molar-refractivity contribution in [2.45, 2.75) is 70.8 Å². The average Bonchev–Trinajstić information content (AvgIpc) is 3.53. The molecule has 0 spiro atoms. The van der Waals surface area contributed by atoms with Crippen LogP contribution in [0.1, 0.15) is 68.5 Å². The summed E-state index contributed by atoms with van der Waals surface area (Å²) in [5.41, 5.74) is 2.24. The van der Waals surface area contributed by atoms with Gasteiger partial charge in [-0.15, -0.1) is 10.2 Å². The lowest BCUT2D eigenvalue weighted by Crippen LogP contribution is -2.32. The van der Waals surface area contributed by atoms with Gasteiger partial charge in [0.2, 0.25) is 0 Å². The smallest absolute Gasteiger partial charge is 0.183 e. The zero-order valence-electron chi connectivity index (χ0n) is 21.7. The SMILES string of the molecule is Cc1cnc([C@H](OC(C)C)[C@H](C)S(=O)(=O)Cc2nnc(-c3cccc(C)n3)n2[C@H](C)c2ccno2)nc1. The zero-order valence-corrected chi connectivity index (χ0v) is 22.5. The van der Waals surface area contributed by atoms with Crippen molar-refractivity contribution in [3.05, 3.63) is 71.5 Å². The molecular formula is C25H31N7O4S. The number of ether oxygens (including phenoxy) is 1. The third kappa shape index (κ3) is 5.91. The van der Waals surface area contributed by atoms with Crippen LogP contribution >= 0.6 is 0 Å². The minimum Gasteiger partial charge on any atom is -0.366 e. The van der Waals surface area contributed by atoms with Crippen LogP contribution in [0.3, 0.4) is 0 Å². The molecule has 4 aromatic heterocycles. The molecule has 11 nitrogen and oxygen atoms in total. The van der Waals surface area contributed by atoms with Gasteiger partial charge in [0.25, 0.3) is 0 Å². The normalized spacial score (nSPS) is 14.6. The topological polar surface area (TPSA) is 139 Å². The summed E-state index contributed by atoms with van der Waals surface area (Å²) < 4.78 is 40.6. The van der Waals surface area contributed by atoms with E-state index in [1.807, 2.05) is 52.8 Å². The van der Waals surface area contributed by atoms with E-state index >= 15 is 0 Å². The minimum atomic E-state index is -3.81. The highest BCUT2D eigenvalue weighted by atomic mass is 32.2. The maximum absolute atomic E-state index is 13.8. The molecule has 37 heavy (non-hydrogen) atoms. The second-order valence-electron chi connectivity index (χ2n) is 9.30. The molecule has 0 aliphatic carbocycles. The lowest BCUT2D eigenvalue weighted by molar-refractivity contribution is 0.00140. The Labute approximate surface area is 216 Å². The molecule has 0 fully saturated rings. The summed E-state index contributed by atoms with van der Waals surface area (Å²) >= 11 is 0. The second-order valence-corrected chi connectivity index (χ2v) is 11.7. The van der Waals surface area contributed by atoms with Crippen molar-refractivity contribution < 1.29 is 17.7 Å². The number of nitrogens with zero attached hydrogens (tertiary/aromatic N) is 7. The Hall–Kier alpha value is -3.51. The average molecular weight is 526 g/mol. The fourth-order valence-corrected chi connectivity index (χ4v) is 5.35. The van der Waals surface area contributed by atoms with Crippen molar-refractivity contribution in [3.8, 4) is 11.5 Å². The summed E-state index contributed by atoms with van der Waals surface area (Å²) in [5, 5.41) is 11.5. The summed E-state index contributed by atoms with van der Waals surface area (Å²) in [5.74, 6) is 1.16. The van der Waals surface area contributed by atoms with E-state index in [2.05, 4.69) is 30.3 Å². The molecule has 0 N–H and O–H groups in total. The first-order valence-corrected chi connectivity index (χ1v) is 13.7. The van der Waals surface area contributed by atoms with Gasteiger partial charge in [0.05, 0.1) is 23.6 Å². The van der Waals surface area contributed by atoms with Crippen LogP contribution in [0, 0.1) is 13.8 Å². The van der Waals surface area contributed by atoms with Crippen LogP contribution in [-0.4, -0.2) is 54.6 Å². The number of pyridine rings is 1. The molecule has 0 saturated carbocycles. The van der Waals surface area contributed by atoms with Crippen LogP contribution in [0.4, 0.5) is 0 Å². The predicted molar refractivity (Wildman–Crippen MR) is 136 cm³/mol. The first-order chi connectivity index (χ1) is 17.6. The van der Waals surface area contributed by atoms with Crippen molar-refractivity contribution in [1.82, 2.24) is 34.9 Å². The third-order valence-corrected chi connectivity index (χ3v) is 7.98. The van der Waals surface area contributed by atoms with Gasteiger partial charge in [0, 0.05) is 24.2 Å². The highest BCUT2D eigenvalue weighted by Crippen LogP contribution is 2.30. The summed E-state index contributed by atoms with van der Waals surface area (Å²) in [4.78, 5) is 13.3. The molecule has 12 heteroatoms. The Morgan fingerprint density at radius 1 is 1.03 bits per heavy atom. The molecule has 0 amide bonds. The van der Waals surface area contributed by atoms with E-state index < -0.39 is 27.2 Å². The lowest BCUT2D eigenvalue weighted by atomic mass is 10.2. The van der Waals surface area contributed by atoms with Crippen molar-refractivity contribution in [3.63, 3.8) is 0 Å². The van der Waals surface area contributed by atoms with E-state index in [-0.39, 0.29) is 17.7 Å². The monoisotopic (exact) mass is 525 g/mol. The Morgan fingerprint density at radius 2 is 1.76 bits per heavy atom. The van der Waals surface area contributed by atoms with Gasteiger partial charge in [0.1, 0.15) is 23.4 Å². The van der Waals surface area contributed by atoms with Gasteiger partial charge < -0.3 is 9.26 Å². The van der Waals surface area contributed by atoms with Crippen LogP contribution < -0.4 is 0 Å². The van der Waals surface area contributed by atoms with Gasteiger partial charge in [-0.3, -0.25) is 4.57 Å². The molecule has 0 aliphatic rings. The first kappa shape index (κ1) is 26.6. The first-order valence-electron chi connectivity index (χ1n) is 12.0. The Kier molecular flexibility index (Phi) is 7.79. The van der Waals surface area contributed by atoms with Crippen molar-refractivity contribution in [1.29, 1.82) is 0 Å². The largest absolute Gasteiger partial charge is 0.366 e. The van der Waals surface area contributed by atoms with E-state index in [0.717, 1.165) is 11.3 Å². The summed E-state index contributed by atoms with van der Waals surface area (Å²) in [7, 11) is -3.81. The zero-order chi connectivity index (χ0) is 26.7. The molecule has 0 unspecified atom stereocenters. The third-order valence-electron chi connectivity index (χ3n) is 5.94. The van der Waals surface area contributed by atoms with Crippen LogP contribution in [0.25, 0.3) is 11.5 Å². The van der Waals surface area contributed by atoms with Crippen molar-refractivity contribution in [2.75, 3.05) is 0 Å². The lowest BCUT2D eigenvalue weighted by Gasteiger charge is -2.25. The molecule has 0 saturated heterocycles. The number of sulfone groups is 1. The van der Waals surface area contributed by atoms with Gasteiger partial charge in [0.15, 0.2) is 27.2 Å². The van der Waals surface area contributed by atoms with Crippen LogP contribution in [0.2, 0.25) is 0 Å². The second kappa shape index (κ2) is 10.9. The van der Waals surface area contributed by atoms with E-state index in [9.17, 15) is 8.42 Å². The fourth-order valence-electron chi connectivity index (χ4n) is 3.96. The number of aromatic nitrogens is 7. The molecular weight excluding hydrogens is 494 g/mol. The van der Waals surface area contributed by atoms with Gasteiger partial charge >= 0.3 is 0 Å². The quantitative estimate of drug-likeness (QED) is 0.300. The highest BCUT2D eigenvalue weighted by molar-refractivity contribution is 7.91. The van der Waals surface area contributed by atoms with E-state index in [0.29, 0.717) is 23.1 Å². The Bertz CT molecular complexity index is 1430. The molecule has 0 aliphatic heterocycles. The number of hydrogen-bond donors (Lipinski definition) is 0. The molecule has 0 aromatic carbocycles. The van der Waals surface area contributed by atoms with Crippen LogP contribution in [-0.2, 0) is 20.3 Å². The standard InChI is InChI=1S/C25H31N7O4S/c1-15(2)35-23(24-26-12-16(3)13-27-24)19(6)37(33,34)14-22-30-31-25(20-9-7-8-17(4)29-20)32(22)18(5)21-10-11-28-36-21/h7-13,15,18-19,23H,14H2,1-6H3/t18-,19+,23-/m1/s1. The summed E-state index contributed by atoms with van der Waals surface area (Å²) in [6, 6.07) is 6.84. The maximum Gasteiger partial charge on any atom is 0.183 e. The summed E-state index contributed by atoms with van der Waals surface area (Å²) in [6.07, 6.45) is 3.74. The van der Waals surface area contributed by atoms with E-state index in [1.165, 1.54) is 6.20 Å².